The molecule has 1 saturated carbocycles. The van der Waals surface area contributed by atoms with E-state index in [0.29, 0.717) is 24.7 Å². The van der Waals surface area contributed by atoms with E-state index in [2.05, 4.69) is 55.7 Å². The van der Waals surface area contributed by atoms with Crippen LogP contribution in [0.4, 0.5) is 4.79 Å². The lowest BCUT2D eigenvalue weighted by Crippen LogP contribution is -2.50. The average molecular weight is 482 g/mol. The number of nitrogens with one attached hydrogen (secondary N) is 2. The topological polar surface area (TPSA) is 78.5 Å². The van der Waals surface area contributed by atoms with E-state index in [9.17, 15) is 14.4 Å². The summed E-state index contributed by atoms with van der Waals surface area (Å²) in [5.74, 6) is 0.578. The van der Waals surface area contributed by atoms with Gasteiger partial charge >= 0.3 is 6.03 Å². The lowest BCUT2D eigenvalue weighted by Gasteiger charge is -2.34. The molecule has 0 radical (unpaired) electrons. The van der Waals surface area contributed by atoms with Gasteiger partial charge < -0.3 is 10.6 Å². The second-order valence-corrected chi connectivity index (χ2v) is 11.1. The van der Waals surface area contributed by atoms with Crippen LogP contribution in [-0.4, -0.2) is 34.8 Å². The summed E-state index contributed by atoms with van der Waals surface area (Å²) in [7, 11) is 0. The molecule has 1 aromatic carbocycles. The summed E-state index contributed by atoms with van der Waals surface area (Å²) in [6.07, 6.45) is 5.24. The van der Waals surface area contributed by atoms with Gasteiger partial charge in [-0.15, -0.1) is 11.3 Å². The number of carbonyl (C=O) groups is 3. The quantitative estimate of drug-likeness (QED) is 0.518. The van der Waals surface area contributed by atoms with Crippen molar-refractivity contribution in [1.29, 1.82) is 0 Å². The third-order valence-corrected chi connectivity index (χ3v) is 8.11. The van der Waals surface area contributed by atoms with Gasteiger partial charge in [0.2, 0.25) is 5.91 Å². The second kappa shape index (κ2) is 10.3. The lowest BCUT2D eigenvalue weighted by atomic mass is 9.75. The zero-order valence-corrected chi connectivity index (χ0v) is 21.1. The molecule has 7 heteroatoms. The van der Waals surface area contributed by atoms with Gasteiger partial charge in [0.05, 0.1) is 6.04 Å². The summed E-state index contributed by atoms with van der Waals surface area (Å²) in [6, 6.07) is 11.5. The van der Waals surface area contributed by atoms with Gasteiger partial charge in [-0.1, -0.05) is 57.5 Å². The van der Waals surface area contributed by atoms with Crippen molar-refractivity contribution in [1.82, 2.24) is 15.5 Å². The molecule has 1 aliphatic carbocycles. The number of urea groups is 1. The predicted molar refractivity (Wildman–Crippen MR) is 135 cm³/mol. The summed E-state index contributed by atoms with van der Waals surface area (Å²) in [6.45, 7) is 6.28. The summed E-state index contributed by atoms with van der Waals surface area (Å²) in [5, 5.41) is 7.96. The molecule has 1 aliphatic heterocycles. The van der Waals surface area contributed by atoms with Crippen LogP contribution < -0.4 is 10.6 Å². The molecule has 2 heterocycles. The van der Waals surface area contributed by atoms with Gasteiger partial charge in [-0.3, -0.25) is 14.5 Å². The number of benzene rings is 1. The van der Waals surface area contributed by atoms with Crippen molar-refractivity contribution in [3.8, 4) is 0 Å². The Kier molecular flexibility index (Phi) is 7.41. The van der Waals surface area contributed by atoms with Gasteiger partial charge in [0.15, 0.2) is 0 Å². The van der Waals surface area contributed by atoms with Crippen LogP contribution in [-0.2, 0) is 16.0 Å². The molecule has 1 atom stereocenters. The largest absolute Gasteiger partial charge is 0.343 e. The monoisotopic (exact) mass is 481 g/mol. The Hall–Kier alpha value is -2.67. The van der Waals surface area contributed by atoms with E-state index in [1.165, 1.54) is 5.56 Å². The smallest absolute Gasteiger partial charge is 0.325 e. The highest BCUT2D eigenvalue weighted by Gasteiger charge is 2.52. The molecule has 2 N–H and O–H groups in total. The van der Waals surface area contributed by atoms with Crippen molar-refractivity contribution in [3.63, 3.8) is 0 Å². The minimum atomic E-state index is -0.831. The van der Waals surface area contributed by atoms with Crippen LogP contribution in [0, 0.1) is 11.8 Å². The maximum Gasteiger partial charge on any atom is 0.325 e. The van der Waals surface area contributed by atoms with Gasteiger partial charge in [0, 0.05) is 4.88 Å². The Bertz CT molecular complexity index is 1010. The first-order valence-electron chi connectivity index (χ1n) is 12.4. The van der Waals surface area contributed by atoms with E-state index < -0.39 is 11.6 Å². The molecule has 2 fully saturated rings. The minimum absolute atomic E-state index is 0.257. The van der Waals surface area contributed by atoms with Crippen LogP contribution in [0.5, 0.6) is 0 Å². The number of carbonyl (C=O) groups excluding carboxylic acids is 3. The van der Waals surface area contributed by atoms with E-state index in [-0.39, 0.29) is 24.4 Å². The lowest BCUT2D eigenvalue weighted by molar-refractivity contribution is -0.136. The summed E-state index contributed by atoms with van der Waals surface area (Å²) < 4.78 is 0. The molecule has 1 saturated heterocycles. The van der Waals surface area contributed by atoms with Crippen LogP contribution in [0.1, 0.15) is 74.9 Å². The second-order valence-electron chi connectivity index (χ2n) is 10.1. The molecule has 4 amide bonds. The normalized spacial score (nSPS) is 23.4. The summed E-state index contributed by atoms with van der Waals surface area (Å²) in [5.41, 5.74) is 1.41. The number of thiophene rings is 1. The maximum absolute atomic E-state index is 13.2. The van der Waals surface area contributed by atoms with Crippen molar-refractivity contribution in [2.24, 2.45) is 11.8 Å². The number of amides is 4. The Morgan fingerprint density at radius 1 is 1.18 bits per heavy atom. The molecular formula is C27H35N3O3S. The standard InChI is InChI=1S/C27H35N3O3S/c1-4-19-11-13-27(14-12-19)25(32)30(26(33)29-27)17-23(31)28-24(22-6-5-15-34-22)21-9-7-20(8-10-21)16-18(2)3/h5-10,15,18-19,24H,4,11-14,16-17H2,1-3H3,(H,28,31)(H,29,33). The van der Waals surface area contributed by atoms with Crippen LogP contribution in [0.3, 0.4) is 0 Å². The first kappa shape index (κ1) is 24.5. The van der Waals surface area contributed by atoms with Gasteiger partial charge in [-0.2, -0.15) is 0 Å². The van der Waals surface area contributed by atoms with Crippen LogP contribution in [0.25, 0.3) is 0 Å². The number of imide groups is 1. The summed E-state index contributed by atoms with van der Waals surface area (Å²) in [4.78, 5) is 41.0. The fourth-order valence-electron chi connectivity index (χ4n) is 5.18. The van der Waals surface area contributed by atoms with Crippen molar-refractivity contribution < 1.29 is 14.4 Å². The predicted octanol–water partition coefficient (Wildman–Crippen LogP) is 5.04. The van der Waals surface area contributed by atoms with Gasteiger partial charge in [-0.25, -0.2) is 4.79 Å². The van der Waals surface area contributed by atoms with E-state index in [1.54, 1.807) is 11.3 Å². The number of rotatable bonds is 8. The highest BCUT2D eigenvalue weighted by molar-refractivity contribution is 7.10. The number of nitrogens with zero attached hydrogens (tertiary/aromatic N) is 1. The number of hydrogen-bond donors (Lipinski definition) is 2. The molecule has 4 rings (SSSR count). The fraction of sp³-hybridized carbons (Fsp3) is 0.519. The van der Waals surface area contributed by atoms with Crippen molar-refractivity contribution in [3.05, 3.63) is 57.8 Å². The Labute approximate surface area is 206 Å². The van der Waals surface area contributed by atoms with Crippen molar-refractivity contribution >= 4 is 29.2 Å². The van der Waals surface area contributed by atoms with E-state index in [4.69, 9.17) is 0 Å². The molecule has 0 bridgehead atoms. The van der Waals surface area contributed by atoms with E-state index in [1.807, 2.05) is 17.5 Å². The van der Waals surface area contributed by atoms with Crippen molar-refractivity contribution in [2.45, 2.75) is 70.9 Å². The third kappa shape index (κ3) is 5.19. The highest BCUT2D eigenvalue weighted by Crippen LogP contribution is 2.37. The van der Waals surface area contributed by atoms with E-state index >= 15 is 0 Å². The van der Waals surface area contributed by atoms with Crippen LogP contribution in [0.15, 0.2) is 41.8 Å². The molecule has 2 aromatic rings. The van der Waals surface area contributed by atoms with Crippen LogP contribution in [0.2, 0.25) is 0 Å². The highest BCUT2D eigenvalue weighted by atomic mass is 32.1. The van der Waals surface area contributed by atoms with Gasteiger partial charge in [0.1, 0.15) is 12.1 Å². The molecule has 182 valence electrons. The van der Waals surface area contributed by atoms with Crippen molar-refractivity contribution in [2.75, 3.05) is 6.54 Å². The van der Waals surface area contributed by atoms with Gasteiger partial charge in [0.25, 0.3) is 5.91 Å². The maximum atomic E-state index is 13.2. The zero-order chi connectivity index (χ0) is 24.3. The molecule has 1 aromatic heterocycles. The summed E-state index contributed by atoms with van der Waals surface area (Å²) >= 11 is 1.57. The molecule has 2 aliphatic rings. The van der Waals surface area contributed by atoms with Crippen LogP contribution >= 0.6 is 11.3 Å². The van der Waals surface area contributed by atoms with E-state index in [0.717, 1.165) is 41.0 Å². The van der Waals surface area contributed by atoms with Gasteiger partial charge in [-0.05, 0) is 66.5 Å². The Morgan fingerprint density at radius 3 is 2.47 bits per heavy atom. The zero-order valence-electron chi connectivity index (χ0n) is 20.3. The molecule has 1 unspecified atom stereocenters. The molecule has 1 spiro atoms. The minimum Gasteiger partial charge on any atom is -0.343 e. The average Bonchev–Trinajstić information content (AvgIpc) is 3.42. The molecular weight excluding hydrogens is 446 g/mol. The third-order valence-electron chi connectivity index (χ3n) is 7.17. The Balaban J connectivity index is 1.45. The fourth-order valence-corrected chi connectivity index (χ4v) is 5.98. The first-order chi connectivity index (χ1) is 16.3. The Morgan fingerprint density at radius 2 is 1.88 bits per heavy atom. The number of hydrogen-bond acceptors (Lipinski definition) is 4. The SMILES string of the molecule is CCC1CCC2(CC1)NC(=O)N(CC(=O)NC(c1ccc(CC(C)C)cc1)c1cccs1)C2=O. The molecule has 6 nitrogen and oxygen atoms in total. The first-order valence-corrected chi connectivity index (χ1v) is 13.2. The molecule has 34 heavy (non-hydrogen) atoms.